The highest BCUT2D eigenvalue weighted by molar-refractivity contribution is 6.30. The summed E-state index contributed by atoms with van der Waals surface area (Å²) in [6.07, 6.45) is -1.30. The van der Waals surface area contributed by atoms with E-state index >= 15 is 0 Å². The first-order valence-corrected chi connectivity index (χ1v) is 6.68. The molecule has 0 N–H and O–H groups in total. The van der Waals surface area contributed by atoms with Crippen LogP contribution in [0, 0.1) is 0 Å². The zero-order chi connectivity index (χ0) is 16.0. The Labute approximate surface area is 125 Å². The normalized spacial score (nSPS) is 13.0. The van der Waals surface area contributed by atoms with Crippen molar-refractivity contribution in [3.8, 4) is 0 Å². The largest absolute Gasteiger partial charge is 0.435 e. The molecular formula is C13H16ClF3N4. The standard InChI is InChI=1S/C13H16ClF3N4/c1-12(2,3)9-6-21(7-18-9)5-8-10(13(15,16)17)19-20(4)11(8)14/h6-7H,5H2,1-4H3. The van der Waals surface area contributed by atoms with Crippen LogP contribution >= 0.6 is 11.6 Å². The molecule has 2 heterocycles. The summed E-state index contributed by atoms with van der Waals surface area (Å²) in [6, 6.07) is 0. The summed E-state index contributed by atoms with van der Waals surface area (Å²) in [5.41, 5.74) is -0.377. The number of aromatic nitrogens is 4. The molecule has 0 unspecified atom stereocenters. The van der Waals surface area contributed by atoms with Gasteiger partial charge in [-0.15, -0.1) is 0 Å². The van der Waals surface area contributed by atoms with Crippen molar-refractivity contribution < 1.29 is 13.2 Å². The first kappa shape index (κ1) is 15.9. The molecule has 0 saturated carbocycles. The summed E-state index contributed by atoms with van der Waals surface area (Å²) in [6.45, 7) is 5.93. The number of hydrogen-bond acceptors (Lipinski definition) is 2. The van der Waals surface area contributed by atoms with Crippen LogP contribution in [-0.4, -0.2) is 19.3 Å². The van der Waals surface area contributed by atoms with Gasteiger partial charge >= 0.3 is 6.18 Å². The average Bonchev–Trinajstić information content (AvgIpc) is 2.88. The molecule has 0 amide bonds. The molecule has 4 nitrogen and oxygen atoms in total. The monoisotopic (exact) mass is 320 g/mol. The van der Waals surface area contributed by atoms with E-state index < -0.39 is 11.9 Å². The van der Waals surface area contributed by atoms with Crippen molar-refractivity contribution in [1.29, 1.82) is 0 Å². The first-order chi connectivity index (χ1) is 9.50. The van der Waals surface area contributed by atoms with Gasteiger partial charge in [-0.25, -0.2) is 4.98 Å². The Kier molecular flexibility index (Phi) is 3.82. The Morgan fingerprint density at radius 1 is 1.24 bits per heavy atom. The second-order valence-corrected chi connectivity index (χ2v) is 6.28. The topological polar surface area (TPSA) is 35.6 Å². The maximum absolute atomic E-state index is 13.0. The molecule has 8 heteroatoms. The second-order valence-electron chi connectivity index (χ2n) is 5.92. The molecule has 0 saturated heterocycles. The van der Waals surface area contributed by atoms with Crippen LogP contribution in [0.15, 0.2) is 12.5 Å². The van der Waals surface area contributed by atoms with Crippen LogP contribution in [0.2, 0.25) is 5.15 Å². The van der Waals surface area contributed by atoms with Crippen molar-refractivity contribution >= 4 is 11.6 Å². The van der Waals surface area contributed by atoms with Crippen LogP contribution in [0.3, 0.4) is 0 Å². The van der Waals surface area contributed by atoms with E-state index in [1.165, 1.54) is 13.4 Å². The summed E-state index contributed by atoms with van der Waals surface area (Å²) in [7, 11) is 1.38. The van der Waals surface area contributed by atoms with E-state index in [2.05, 4.69) is 10.1 Å². The SMILES string of the molecule is Cn1nc(C(F)(F)F)c(Cn2cnc(C(C)(C)C)c2)c1Cl. The highest BCUT2D eigenvalue weighted by Gasteiger charge is 2.38. The van der Waals surface area contributed by atoms with Crippen molar-refractivity contribution in [2.24, 2.45) is 7.05 Å². The fraction of sp³-hybridized carbons (Fsp3) is 0.538. The average molecular weight is 321 g/mol. The molecule has 2 aromatic rings. The van der Waals surface area contributed by atoms with Gasteiger partial charge in [0.1, 0.15) is 5.15 Å². The van der Waals surface area contributed by atoms with Crippen molar-refractivity contribution in [2.45, 2.75) is 38.9 Å². The number of nitrogens with zero attached hydrogens (tertiary/aromatic N) is 4. The molecule has 0 radical (unpaired) electrons. The Bertz CT molecular complexity index is 649. The number of imidazole rings is 1. The minimum absolute atomic E-state index is 0.0201. The van der Waals surface area contributed by atoms with Gasteiger partial charge in [0.05, 0.1) is 18.6 Å². The lowest BCUT2D eigenvalue weighted by Crippen LogP contribution is -2.12. The molecule has 0 aliphatic rings. The molecule has 0 bridgehead atoms. The Hall–Kier alpha value is -1.50. The summed E-state index contributed by atoms with van der Waals surface area (Å²) in [5.74, 6) is 0. The van der Waals surface area contributed by atoms with E-state index in [4.69, 9.17) is 11.6 Å². The van der Waals surface area contributed by atoms with Gasteiger partial charge < -0.3 is 4.57 Å². The van der Waals surface area contributed by atoms with Gasteiger partial charge in [0, 0.05) is 24.2 Å². The number of aryl methyl sites for hydroxylation is 1. The molecule has 0 fully saturated rings. The highest BCUT2D eigenvalue weighted by atomic mass is 35.5. The second kappa shape index (κ2) is 5.05. The molecule has 2 rings (SSSR count). The van der Waals surface area contributed by atoms with Gasteiger partial charge in [-0.2, -0.15) is 18.3 Å². The highest BCUT2D eigenvalue weighted by Crippen LogP contribution is 2.34. The fourth-order valence-corrected chi connectivity index (χ4v) is 2.12. The van der Waals surface area contributed by atoms with E-state index in [1.807, 2.05) is 20.8 Å². The summed E-state index contributed by atoms with van der Waals surface area (Å²) in [4.78, 5) is 4.22. The molecule has 116 valence electrons. The van der Waals surface area contributed by atoms with E-state index in [1.54, 1.807) is 10.8 Å². The number of rotatable bonds is 2. The maximum Gasteiger partial charge on any atom is 0.435 e. The Morgan fingerprint density at radius 3 is 2.33 bits per heavy atom. The van der Waals surface area contributed by atoms with E-state index in [-0.39, 0.29) is 22.7 Å². The van der Waals surface area contributed by atoms with Crippen molar-refractivity contribution in [3.63, 3.8) is 0 Å². The van der Waals surface area contributed by atoms with Crippen molar-refractivity contribution in [2.75, 3.05) is 0 Å². The predicted octanol–water partition coefficient (Wildman–Crippen LogP) is 3.63. The minimum atomic E-state index is -4.53. The third-order valence-electron chi connectivity index (χ3n) is 3.08. The zero-order valence-corrected chi connectivity index (χ0v) is 12.9. The molecule has 2 aromatic heterocycles. The minimum Gasteiger partial charge on any atom is -0.333 e. The van der Waals surface area contributed by atoms with E-state index in [0.717, 1.165) is 10.4 Å². The van der Waals surface area contributed by atoms with Crippen molar-refractivity contribution in [3.05, 3.63) is 34.6 Å². The number of hydrogen-bond donors (Lipinski definition) is 0. The van der Waals surface area contributed by atoms with E-state index in [0.29, 0.717) is 0 Å². The fourth-order valence-electron chi connectivity index (χ4n) is 1.93. The van der Waals surface area contributed by atoms with Crippen LogP contribution in [0.25, 0.3) is 0 Å². The number of halogens is 4. The molecular weight excluding hydrogens is 305 g/mol. The molecule has 21 heavy (non-hydrogen) atoms. The third-order valence-corrected chi connectivity index (χ3v) is 3.55. The maximum atomic E-state index is 13.0. The van der Waals surface area contributed by atoms with Crippen LogP contribution in [0.1, 0.15) is 37.7 Å². The molecule has 0 atom stereocenters. The lowest BCUT2D eigenvalue weighted by molar-refractivity contribution is -0.142. The van der Waals surface area contributed by atoms with Crippen LogP contribution in [0.5, 0.6) is 0 Å². The molecule has 0 aliphatic heterocycles. The lowest BCUT2D eigenvalue weighted by atomic mass is 9.93. The van der Waals surface area contributed by atoms with Crippen LogP contribution in [0.4, 0.5) is 13.2 Å². The molecule has 0 spiro atoms. The zero-order valence-electron chi connectivity index (χ0n) is 12.2. The van der Waals surface area contributed by atoms with Gasteiger partial charge in [0.2, 0.25) is 0 Å². The summed E-state index contributed by atoms with van der Waals surface area (Å²) < 4.78 is 41.5. The molecule has 0 aliphatic carbocycles. The third kappa shape index (κ3) is 3.23. The van der Waals surface area contributed by atoms with Gasteiger partial charge in [0.15, 0.2) is 5.69 Å². The van der Waals surface area contributed by atoms with Gasteiger partial charge in [-0.1, -0.05) is 32.4 Å². The van der Waals surface area contributed by atoms with Gasteiger partial charge in [-0.3, -0.25) is 4.68 Å². The van der Waals surface area contributed by atoms with Gasteiger partial charge in [0.25, 0.3) is 0 Å². The first-order valence-electron chi connectivity index (χ1n) is 6.31. The smallest absolute Gasteiger partial charge is 0.333 e. The van der Waals surface area contributed by atoms with Crippen LogP contribution in [-0.2, 0) is 25.2 Å². The van der Waals surface area contributed by atoms with E-state index in [9.17, 15) is 13.2 Å². The quantitative estimate of drug-likeness (QED) is 0.847. The lowest BCUT2D eigenvalue weighted by Gasteiger charge is -2.14. The Morgan fingerprint density at radius 2 is 1.86 bits per heavy atom. The number of alkyl halides is 3. The van der Waals surface area contributed by atoms with Gasteiger partial charge in [-0.05, 0) is 0 Å². The summed E-state index contributed by atoms with van der Waals surface area (Å²) in [5, 5.41) is 3.44. The predicted molar refractivity (Wildman–Crippen MR) is 73.2 cm³/mol. The van der Waals surface area contributed by atoms with Crippen LogP contribution < -0.4 is 0 Å². The molecule has 0 aromatic carbocycles. The summed E-state index contributed by atoms with van der Waals surface area (Å²) >= 11 is 5.93. The van der Waals surface area contributed by atoms with Crippen molar-refractivity contribution in [1.82, 2.24) is 19.3 Å². The Balaban J connectivity index is 2.38.